The van der Waals surface area contributed by atoms with Crippen LogP contribution in [0.3, 0.4) is 0 Å². The maximum absolute atomic E-state index is 14.8. The lowest BCUT2D eigenvalue weighted by molar-refractivity contribution is 0.00576. The van der Waals surface area contributed by atoms with Crippen LogP contribution in [0.4, 0.5) is 20.6 Å². The van der Waals surface area contributed by atoms with Gasteiger partial charge < -0.3 is 20.7 Å². The number of hydrogen-bond donors (Lipinski definition) is 2. The second kappa shape index (κ2) is 6.60. The van der Waals surface area contributed by atoms with E-state index < -0.39 is 11.3 Å². The molecule has 0 spiro atoms. The summed E-state index contributed by atoms with van der Waals surface area (Å²) < 4.78 is 20.2. The number of amides is 1. The molecule has 0 radical (unpaired) electrons. The highest BCUT2D eigenvalue weighted by atomic mass is 19.1. The zero-order valence-corrected chi connectivity index (χ0v) is 13.9. The predicted molar refractivity (Wildman–Crippen MR) is 88.0 cm³/mol. The lowest BCUT2D eigenvalue weighted by atomic mass is 9.93. The summed E-state index contributed by atoms with van der Waals surface area (Å²) in [5, 5.41) is 3.03. The first-order valence-electron chi connectivity index (χ1n) is 7.78. The predicted octanol–water partition coefficient (Wildman–Crippen LogP) is 2.81. The van der Waals surface area contributed by atoms with Gasteiger partial charge in [-0.2, -0.15) is 0 Å². The molecule has 0 unspecified atom stereocenters. The Labute approximate surface area is 136 Å². The molecule has 1 amide bonds. The number of nitrogen functional groups attached to an aromatic ring is 1. The second-order valence-electron chi connectivity index (χ2n) is 6.98. The van der Waals surface area contributed by atoms with Crippen LogP contribution in [0.5, 0.6) is 0 Å². The molecule has 0 aliphatic carbocycles. The number of alkyl halides is 1. The molecule has 1 saturated heterocycles. The standard InChI is InChI=1S/C16H25FN4O2/c1-15(2,3)23-14(22)21-6-4-16(17,5-7-21)11-20-13-8-12(18)9-19-10-13/h8-10,20H,4-7,11,18H2,1-3H3. The fraction of sp³-hybridized carbons (Fsp3) is 0.625. The maximum atomic E-state index is 14.8. The van der Waals surface area contributed by atoms with Crippen molar-refractivity contribution in [3.05, 3.63) is 18.5 Å². The van der Waals surface area contributed by atoms with Gasteiger partial charge in [-0.3, -0.25) is 4.98 Å². The van der Waals surface area contributed by atoms with Crippen molar-refractivity contribution in [3.63, 3.8) is 0 Å². The lowest BCUT2D eigenvalue weighted by Crippen LogP contribution is -2.48. The average molecular weight is 324 g/mol. The fourth-order valence-electron chi connectivity index (χ4n) is 2.41. The van der Waals surface area contributed by atoms with Gasteiger partial charge in [0.25, 0.3) is 0 Å². The lowest BCUT2D eigenvalue weighted by Gasteiger charge is -2.37. The van der Waals surface area contributed by atoms with E-state index in [1.165, 1.54) is 6.20 Å². The van der Waals surface area contributed by atoms with Crippen LogP contribution in [0.2, 0.25) is 0 Å². The third-order valence-electron chi connectivity index (χ3n) is 3.68. The number of aromatic nitrogens is 1. The highest BCUT2D eigenvalue weighted by Gasteiger charge is 2.37. The molecule has 3 N–H and O–H groups in total. The number of anilines is 2. The number of likely N-dealkylation sites (tertiary alicyclic amines) is 1. The van der Waals surface area contributed by atoms with Crippen LogP contribution in [-0.2, 0) is 4.74 Å². The number of nitrogens with two attached hydrogens (primary N) is 1. The van der Waals surface area contributed by atoms with Gasteiger partial charge in [0.15, 0.2) is 0 Å². The number of halogens is 1. The Morgan fingerprint density at radius 2 is 2.09 bits per heavy atom. The van der Waals surface area contributed by atoms with Crippen LogP contribution < -0.4 is 11.1 Å². The molecule has 128 valence electrons. The summed E-state index contributed by atoms with van der Waals surface area (Å²) in [6, 6.07) is 1.71. The smallest absolute Gasteiger partial charge is 0.410 e. The van der Waals surface area contributed by atoms with Crippen molar-refractivity contribution in [2.45, 2.75) is 44.9 Å². The van der Waals surface area contributed by atoms with Crippen LogP contribution in [0.1, 0.15) is 33.6 Å². The highest BCUT2D eigenvalue weighted by molar-refractivity contribution is 5.68. The molecule has 1 aromatic rings. The van der Waals surface area contributed by atoms with E-state index in [1.807, 2.05) is 20.8 Å². The number of carbonyl (C=O) groups is 1. The topological polar surface area (TPSA) is 80.5 Å². The van der Waals surface area contributed by atoms with Crippen molar-refractivity contribution in [3.8, 4) is 0 Å². The molecule has 1 aliphatic rings. The zero-order chi connectivity index (χ0) is 17.1. The molecule has 2 rings (SSSR count). The van der Waals surface area contributed by atoms with Crippen LogP contribution >= 0.6 is 0 Å². The van der Waals surface area contributed by atoms with E-state index in [0.717, 1.165) is 0 Å². The first-order valence-corrected chi connectivity index (χ1v) is 7.78. The number of nitrogens with zero attached hydrogens (tertiary/aromatic N) is 2. The Kier molecular flexibility index (Phi) is 4.97. The van der Waals surface area contributed by atoms with Crippen molar-refractivity contribution in [1.29, 1.82) is 0 Å². The van der Waals surface area contributed by atoms with Gasteiger partial charge in [0, 0.05) is 38.7 Å². The Morgan fingerprint density at radius 1 is 1.43 bits per heavy atom. The van der Waals surface area contributed by atoms with Gasteiger partial charge >= 0.3 is 6.09 Å². The number of pyridine rings is 1. The zero-order valence-electron chi connectivity index (χ0n) is 13.9. The molecule has 0 aromatic carbocycles. The van der Waals surface area contributed by atoms with E-state index in [2.05, 4.69) is 10.3 Å². The minimum Gasteiger partial charge on any atom is -0.444 e. The molecule has 0 atom stereocenters. The van der Waals surface area contributed by atoms with Crippen molar-refractivity contribution >= 4 is 17.5 Å². The van der Waals surface area contributed by atoms with Gasteiger partial charge in [0.1, 0.15) is 11.3 Å². The normalized spacial score (nSPS) is 17.7. The summed E-state index contributed by atoms with van der Waals surface area (Å²) in [6.07, 6.45) is 3.31. The monoisotopic (exact) mass is 324 g/mol. The summed E-state index contributed by atoms with van der Waals surface area (Å²) in [4.78, 5) is 17.5. The van der Waals surface area contributed by atoms with Gasteiger partial charge in [0.2, 0.25) is 0 Å². The van der Waals surface area contributed by atoms with Crippen molar-refractivity contribution in [2.24, 2.45) is 0 Å². The largest absolute Gasteiger partial charge is 0.444 e. The quantitative estimate of drug-likeness (QED) is 0.893. The van der Waals surface area contributed by atoms with E-state index in [0.29, 0.717) is 24.5 Å². The van der Waals surface area contributed by atoms with Crippen molar-refractivity contribution in [2.75, 3.05) is 30.7 Å². The molecular formula is C16H25FN4O2. The van der Waals surface area contributed by atoms with Gasteiger partial charge in [0.05, 0.1) is 17.6 Å². The summed E-state index contributed by atoms with van der Waals surface area (Å²) in [6.45, 7) is 6.32. The van der Waals surface area contributed by atoms with E-state index in [-0.39, 0.29) is 25.5 Å². The van der Waals surface area contributed by atoms with Crippen LogP contribution in [0.15, 0.2) is 18.5 Å². The summed E-state index contributed by atoms with van der Waals surface area (Å²) >= 11 is 0. The third kappa shape index (κ3) is 5.26. The van der Waals surface area contributed by atoms with Crippen LogP contribution in [-0.4, -0.2) is 46.9 Å². The van der Waals surface area contributed by atoms with Crippen molar-refractivity contribution < 1.29 is 13.9 Å². The van der Waals surface area contributed by atoms with Gasteiger partial charge in [-0.25, -0.2) is 9.18 Å². The fourth-order valence-corrected chi connectivity index (χ4v) is 2.41. The van der Waals surface area contributed by atoms with Crippen LogP contribution in [0.25, 0.3) is 0 Å². The Bertz CT molecular complexity index is 551. The molecule has 2 heterocycles. The Morgan fingerprint density at radius 3 is 2.65 bits per heavy atom. The Hall–Kier alpha value is -2.05. The van der Waals surface area contributed by atoms with E-state index >= 15 is 0 Å². The number of nitrogens with one attached hydrogen (secondary N) is 1. The molecule has 0 bridgehead atoms. The summed E-state index contributed by atoms with van der Waals surface area (Å²) in [5.41, 5.74) is 4.97. The number of ether oxygens (including phenoxy) is 1. The minimum atomic E-state index is -1.36. The third-order valence-corrected chi connectivity index (χ3v) is 3.68. The van der Waals surface area contributed by atoms with Gasteiger partial charge in [-0.15, -0.1) is 0 Å². The molecule has 1 aliphatic heterocycles. The second-order valence-corrected chi connectivity index (χ2v) is 6.98. The highest BCUT2D eigenvalue weighted by Crippen LogP contribution is 2.28. The SMILES string of the molecule is CC(C)(C)OC(=O)N1CCC(F)(CNc2cncc(N)c2)CC1. The first kappa shape index (κ1) is 17.3. The summed E-state index contributed by atoms with van der Waals surface area (Å²) in [7, 11) is 0. The molecule has 1 fully saturated rings. The average Bonchev–Trinajstić information content (AvgIpc) is 2.44. The van der Waals surface area contributed by atoms with Crippen molar-refractivity contribution in [1.82, 2.24) is 9.88 Å². The number of rotatable bonds is 3. The van der Waals surface area contributed by atoms with Crippen LogP contribution in [0, 0.1) is 0 Å². The summed E-state index contributed by atoms with van der Waals surface area (Å²) in [5.74, 6) is 0. The molecule has 1 aromatic heterocycles. The number of carbonyl (C=O) groups excluding carboxylic acids is 1. The molecule has 23 heavy (non-hydrogen) atoms. The molecule has 6 nitrogen and oxygen atoms in total. The van der Waals surface area contributed by atoms with Gasteiger partial charge in [-0.1, -0.05) is 0 Å². The van der Waals surface area contributed by atoms with Gasteiger partial charge in [-0.05, 0) is 26.8 Å². The maximum Gasteiger partial charge on any atom is 0.410 e. The van der Waals surface area contributed by atoms with E-state index in [4.69, 9.17) is 10.5 Å². The Balaban J connectivity index is 1.83. The van der Waals surface area contributed by atoms with E-state index in [9.17, 15) is 9.18 Å². The molecule has 0 saturated carbocycles. The molecule has 7 heteroatoms. The van der Waals surface area contributed by atoms with E-state index in [1.54, 1.807) is 17.2 Å². The first-order chi connectivity index (χ1) is 10.7. The molecular weight excluding hydrogens is 299 g/mol. The number of piperidine rings is 1. The minimum absolute atomic E-state index is 0.167. The number of hydrogen-bond acceptors (Lipinski definition) is 5.